The van der Waals surface area contributed by atoms with Gasteiger partial charge in [0.15, 0.2) is 0 Å². The summed E-state index contributed by atoms with van der Waals surface area (Å²) in [6.45, 7) is 3.29. The van der Waals surface area contributed by atoms with Crippen LogP contribution in [-0.2, 0) is 10.0 Å². The van der Waals surface area contributed by atoms with Gasteiger partial charge >= 0.3 is 0 Å². The van der Waals surface area contributed by atoms with E-state index in [0.717, 1.165) is 17.2 Å². The number of hydrogen-bond donors (Lipinski definition) is 1. The fourth-order valence-corrected chi connectivity index (χ4v) is 5.24. The summed E-state index contributed by atoms with van der Waals surface area (Å²) in [5.74, 6) is 1.38. The van der Waals surface area contributed by atoms with E-state index in [1.807, 2.05) is 13.0 Å². The quantitative estimate of drug-likeness (QED) is 0.877. The van der Waals surface area contributed by atoms with E-state index in [0.29, 0.717) is 29.7 Å². The van der Waals surface area contributed by atoms with Gasteiger partial charge in [0.25, 0.3) is 0 Å². The van der Waals surface area contributed by atoms with Crippen LogP contribution in [0.4, 0.5) is 10.1 Å². The van der Waals surface area contributed by atoms with Crippen LogP contribution in [0.15, 0.2) is 24.3 Å². The van der Waals surface area contributed by atoms with Gasteiger partial charge in [0, 0.05) is 47.9 Å². The first-order chi connectivity index (χ1) is 11.5. The number of rotatable bonds is 5. The largest absolute Gasteiger partial charge is 0.383 e. The molecule has 1 aromatic heterocycles. The Bertz CT molecular complexity index is 837. The highest BCUT2D eigenvalue weighted by Crippen LogP contribution is 2.24. The van der Waals surface area contributed by atoms with Crippen molar-refractivity contribution in [2.45, 2.75) is 6.92 Å². The van der Waals surface area contributed by atoms with Crippen LogP contribution in [0.2, 0.25) is 0 Å². The zero-order valence-corrected chi connectivity index (χ0v) is 15.1. The van der Waals surface area contributed by atoms with Gasteiger partial charge in [-0.25, -0.2) is 17.1 Å². The van der Waals surface area contributed by atoms with Crippen LogP contribution < -0.4 is 5.32 Å². The van der Waals surface area contributed by atoms with Crippen molar-refractivity contribution < 1.29 is 12.8 Å². The maximum atomic E-state index is 13.5. The molecular formula is C16H20FN3O2S2. The summed E-state index contributed by atoms with van der Waals surface area (Å²) in [6.07, 6.45) is 0. The second-order valence-corrected chi connectivity index (χ2v) is 9.04. The second kappa shape index (κ2) is 7.25. The first-order valence-corrected chi connectivity index (χ1v) is 10.6. The van der Waals surface area contributed by atoms with Crippen molar-refractivity contribution in [3.05, 3.63) is 35.8 Å². The molecule has 5 nitrogen and oxygen atoms in total. The number of halogens is 1. The number of aryl methyl sites for hydroxylation is 1. The van der Waals surface area contributed by atoms with Gasteiger partial charge < -0.3 is 5.32 Å². The second-order valence-electron chi connectivity index (χ2n) is 5.73. The number of nitrogens with one attached hydrogen (secondary N) is 1. The van der Waals surface area contributed by atoms with Crippen molar-refractivity contribution in [3.63, 3.8) is 0 Å². The predicted octanol–water partition coefficient (Wildman–Crippen LogP) is 2.47. The number of thioether (sulfide) groups is 1. The topological polar surface area (TPSA) is 62.3 Å². The van der Waals surface area contributed by atoms with Gasteiger partial charge in [-0.2, -0.15) is 11.8 Å². The molecule has 0 aliphatic carbocycles. The van der Waals surface area contributed by atoms with Crippen molar-refractivity contribution >= 4 is 38.4 Å². The summed E-state index contributed by atoms with van der Waals surface area (Å²) in [5, 5.41) is 3.79. The molecule has 1 saturated heterocycles. The number of fused-ring (bicyclic) bond motifs is 1. The summed E-state index contributed by atoms with van der Waals surface area (Å²) in [7, 11) is -3.26. The van der Waals surface area contributed by atoms with E-state index in [-0.39, 0.29) is 18.1 Å². The van der Waals surface area contributed by atoms with Crippen LogP contribution in [0.3, 0.4) is 0 Å². The van der Waals surface area contributed by atoms with Crippen molar-refractivity contribution in [1.82, 2.24) is 9.29 Å². The predicted molar refractivity (Wildman–Crippen MR) is 97.6 cm³/mol. The highest BCUT2D eigenvalue weighted by Gasteiger charge is 2.23. The summed E-state index contributed by atoms with van der Waals surface area (Å²) in [6, 6.07) is 6.23. The third-order valence-electron chi connectivity index (χ3n) is 3.94. The number of sulfonamides is 1. The van der Waals surface area contributed by atoms with Gasteiger partial charge in [0.1, 0.15) is 5.82 Å². The maximum Gasteiger partial charge on any atom is 0.215 e. The molecule has 0 spiro atoms. The number of nitrogens with zero attached hydrogens (tertiary/aromatic N) is 2. The molecular weight excluding hydrogens is 349 g/mol. The molecule has 8 heteroatoms. The standard InChI is InChI=1S/C16H20FN3O2S2/c1-12-10-16(14-11-13(17)2-3-15(14)19-12)18-4-9-24(21,22)20-5-7-23-8-6-20/h2-3,10-11H,4-9H2,1H3,(H,18,19). The van der Waals surface area contributed by atoms with E-state index in [4.69, 9.17) is 0 Å². The van der Waals surface area contributed by atoms with Crippen LogP contribution in [0, 0.1) is 12.7 Å². The lowest BCUT2D eigenvalue weighted by atomic mass is 10.1. The van der Waals surface area contributed by atoms with Crippen molar-refractivity contribution in [2.24, 2.45) is 0 Å². The van der Waals surface area contributed by atoms with Gasteiger partial charge in [-0.3, -0.25) is 4.98 Å². The molecule has 1 aliphatic heterocycles. The van der Waals surface area contributed by atoms with Crippen LogP contribution in [0.5, 0.6) is 0 Å². The Labute approximate surface area is 145 Å². The first-order valence-electron chi connectivity index (χ1n) is 7.82. The molecule has 0 unspecified atom stereocenters. The van der Waals surface area contributed by atoms with Crippen LogP contribution in [0.1, 0.15) is 5.69 Å². The molecule has 1 aliphatic rings. The summed E-state index contributed by atoms with van der Waals surface area (Å²) < 4.78 is 39.8. The first kappa shape index (κ1) is 17.4. The zero-order valence-electron chi connectivity index (χ0n) is 13.5. The Balaban J connectivity index is 1.72. The van der Waals surface area contributed by atoms with E-state index in [1.165, 1.54) is 12.1 Å². The van der Waals surface area contributed by atoms with E-state index >= 15 is 0 Å². The Kier molecular flexibility index (Phi) is 5.27. The molecule has 0 radical (unpaired) electrons. The molecule has 3 rings (SSSR count). The molecule has 1 aromatic carbocycles. The number of benzene rings is 1. The van der Waals surface area contributed by atoms with Gasteiger partial charge in [0.05, 0.1) is 11.3 Å². The van der Waals surface area contributed by atoms with Gasteiger partial charge in [-0.05, 0) is 31.2 Å². The van der Waals surface area contributed by atoms with Crippen LogP contribution in [-0.4, -0.2) is 54.6 Å². The third kappa shape index (κ3) is 3.99. The monoisotopic (exact) mass is 369 g/mol. The average Bonchev–Trinajstić information content (AvgIpc) is 2.56. The molecule has 1 fully saturated rings. The molecule has 1 N–H and O–H groups in total. The molecule has 0 amide bonds. The SMILES string of the molecule is Cc1cc(NCCS(=O)(=O)N2CCSCC2)c2cc(F)ccc2n1. The molecule has 2 aromatic rings. The fourth-order valence-electron chi connectivity index (χ4n) is 2.75. The van der Waals surface area contributed by atoms with Crippen molar-refractivity contribution in [1.29, 1.82) is 0 Å². The maximum absolute atomic E-state index is 13.5. The van der Waals surface area contributed by atoms with Gasteiger partial charge in [-0.15, -0.1) is 0 Å². The van der Waals surface area contributed by atoms with Gasteiger partial charge in [0.2, 0.25) is 10.0 Å². The van der Waals surface area contributed by atoms with E-state index in [2.05, 4.69) is 10.3 Å². The third-order valence-corrected chi connectivity index (χ3v) is 6.75. The Morgan fingerprint density at radius 1 is 1.29 bits per heavy atom. The van der Waals surface area contributed by atoms with E-state index in [1.54, 1.807) is 22.1 Å². The van der Waals surface area contributed by atoms with Crippen molar-refractivity contribution in [3.8, 4) is 0 Å². The van der Waals surface area contributed by atoms with Crippen LogP contribution >= 0.6 is 11.8 Å². The Hall–Kier alpha value is -1.38. The lowest BCUT2D eigenvalue weighted by molar-refractivity contribution is 0.444. The summed E-state index contributed by atoms with van der Waals surface area (Å²) >= 11 is 1.78. The number of pyridine rings is 1. The molecule has 0 atom stereocenters. The minimum atomic E-state index is -3.26. The van der Waals surface area contributed by atoms with Gasteiger partial charge in [-0.1, -0.05) is 0 Å². The van der Waals surface area contributed by atoms with E-state index in [9.17, 15) is 12.8 Å². The lowest BCUT2D eigenvalue weighted by Crippen LogP contribution is -2.40. The summed E-state index contributed by atoms with van der Waals surface area (Å²) in [5.41, 5.74) is 2.20. The lowest BCUT2D eigenvalue weighted by Gasteiger charge is -2.25. The minimum absolute atomic E-state index is 0.0237. The normalized spacial score (nSPS) is 16.4. The summed E-state index contributed by atoms with van der Waals surface area (Å²) in [4.78, 5) is 4.37. The molecule has 0 bridgehead atoms. The molecule has 130 valence electrons. The number of hydrogen-bond acceptors (Lipinski definition) is 5. The average molecular weight is 369 g/mol. The Morgan fingerprint density at radius 3 is 2.79 bits per heavy atom. The molecule has 2 heterocycles. The molecule has 0 saturated carbocycles. The Morgan fingerprint density at radius 2 is 2.04 bits per heavy atom. The van der Waals surface area contributed by atoms with E-state index < -0.39 is 10.0 Å². The fraction of sp³-hybridized carbons (Fsp3) is 0.438. The number of anilines is 1. The number of aromatic nitrogens is 1. The van der Waals surface area contributed by atoms with Crippen molar-refractivity contribution in [2.75, 3.05) is 42.2 Å². The zero-order chi connectivity index (χ0) is 17.2. The van der Waals surface area contributed by atoms with Crippen LogP contribution in [0.25, 0.3) is 10.9 Å². The highest BCUT2D eigenvalue weighted by atomic mass is 32.2. The highest BCUT2D eigenvalue weighted by molar-refractivity contribution is 7.99. The smallest absolute Gasteiger partial charge is 0.215 e. The molecule has 24 heavy (non-hydrogen) atoms. The minimum Gasteiger partial charge on any atom is -0.383 e.